The minimum Gasteiger partial charge on any atom is -0.371 e. The molecule has 21 heavy (non-hydrogen) atoms. The van der Waals surface area contributed by atoms with Gasteiger partial charge < -0.3 is 9.64 Å². The van der Waals surface area contributed by atoms with E-state index in [1.807, 2.05) is 17.9 Å². The summed E-state index contributed by atoms with van der Waals surface area (Å²) in [6.07, 6.45) is 3.40. The van der Waals surface area contributed by atoms with E-state index in [1.165, 1.54) is 11.1 Å². The first-order valence-electron chi connectivity index (χ1n) is 7.77. The molecule has 0 radical (unpaired) electrons. The van der Waals surface area contributed by atoms with Gasteiger partial charge in [-0.3, -0.25) is 4.79 Å². The lowest BCUT2D eigenvalue weighted by Gasteiger charge is -2.39. The molecule has 4 heteroatoms. The summed E-state index contributed by atoms with van der Waals surface area (Å²) < 4.78 is 5.83. The van der Waals surface area contributed by atoms with Crippen LogP contribution in [0.25, 0.3) is 0 Å². The number of hydrogen-bond acceptors (Lipinski definition) is 2. The van der Waals surface area contributed by atoms with Gasteiger partial charge in [-0.15, -0.1) is 0 Å². The number of fused-ring (bicyclic) bond motifs is 1. The highest BCUT2D eigenvalue weighted by Gasteiger charge is 2.34. The zero-order valence-corrected chi connectivity index (χ0v) is 14.0. The fraction of sp³-hybridized carbons (Fsp3) is 0.588. The van der Waals surface area contributed by atoms with E-state index >= 15 is 0 Å². The van der Waals surface area contributed by atoms with Gasteiger partial charge in [0.2, 0.25) is 5.91 Å². The number of morpholine rings is 1. The van der Waals surface area contributed by atoms with Gasteiger partial charge in [0.05, 0.1) is 18.1 Å². The number of rotatable bonds is 2. The third-order valence-corrected chi connectivity index (χ3v) is 5.20. The third-order valence-electron chi connectivity index (χ3n) is 4.48. The van der Waals surface area contributed by atoms with Crippen LogP contribution in [0.1, 0.15) is 36.8 Å². The molecular weight excluding hydrogens is 330 g/mol. The van der Waals surface area contributed by atoms with Gasteiger partial charge >= 0.3 is 0 Å². The average molecular weight is 352 g/mol. The van der Waals surface area contributed by atoms with E-state index in [0.717, 1.165) is 24.6 Å². The summed E-state index contributed by atoms with van der Waals surface area (Å²) in [5, 5.41) is 0.780. The van der Waals surface area contributed by atoms with Crippen molar-refractivity contribution in [2.75, 3.05) is 18.4 Å². The molecule has 3 rings (SSSR count). The predicted octanol–water partition coefficient (Wildman–Crippen LogP) is 3.12. The topological polar surface area (TPSA) is 29.5 Å². The second kappa shape index (κ2) is 6.49. The summed E-state index contributed by atoms with van der Waals surface area (Å²) in [5.74, 6) is 0.319. The van der Waals surface area contributed by atoms with Crippen molar-refractivity contribution in [3.63, 3.8) is 0 Å². The number of aryl methyl sites for hydroxylation is 1. The van der Waals surface area contributed by atoms with E-state index in [-0.39, 0.29) is 24.0 Å². The second-order valence-corrected chi connectivity index (χ2v) is 6.76. The average Bonchev–Trinajstić information content (AvgIpc) is 2.53. The fourth-order valence-corrected chi connectivity index (χ4v) is 3.90. The van der Waals surface area contributed by atoms with Crippen LogP contribution < -0.4 is 0 Å². The van der Waals surface area contributed by atoms with E-state index in [1.54, 1.807) is 0 Å². The van der Waals surface area contributed by atoms with Crippen molar-refractivity contribution in [2.45, 2.75) is 44.3 Å². The van der Waals surface area contributed by atoms with Crippen LogP contribution in [0.15, 0.2) is 24.3 Å². The van der Waals surface area contributed by atoms with E-state index in [4.69, 9.17) is 4.74 Å². The largest absolute Gasteiger partial charge is 0.371 e. The van der Waals surface area contributed by atoms with Crippen LogP contribution in [0.5, 0.6) is 0 Å². The van der Waals surface area contributed by atoms with Gasteiger partial charge in [-0.05, 0) is 37.3 Å². The van der Waals surface area contributed by atoms with Crippen LogP contribution in [0.2, 0.25) is 0 Å². The molecule has 0 aromatic heterocycles. The molecule has 3 atom stereocenters. The molecule has 0 bridgehead atoms. The van der Waals surface area contributed by atoms with Crippen molar-refractivity contribution in [3.8, 4) is 0 Å². The highest BCUT2D eigenvalue weighted by atomic mass is 79.9. The van der Waals surface area contributed by atoms with Crippen LogP contribution in [-0.2, 0) is 16.0 Å². The zero-order valence-electron chi connectivity index (χ0n) is 12.4. The maximum Gasteiger partial charge on any atom is 0.230 e. The number of hydrogen-bond donors (Lipinski definition) is 0. The number of amides is 1. The predicted molar refractivity (Wildman–Crippen MR) is 86.8 cm³/mol. The molecule has 1 heterocycles. The highest BCUT2D eigenvalue weighted by Crippen LogP contribution is 2.33. The van der Waals surface area contributed by atoms with Gasteiger partial charge in [0.1, 0.15) is 0 Å². The van der Waals surface area contributed by atoms with Crippen LogP contribution in [-0.4, -0.2) is 41.4 Å². The van der Waals surface area contributed by atoms with E-state index in [9.17, 15) is 4.79 Å². The van der Waals surface area contributed by atoms with Gasteiger partial charge in [-0.25, -0.2) is 0 Å². The van der Waals surface area contributed by atoms with Crippen LogP contribution in [0.4, 0.5) is 0 Å². The summed E-state index contributed by atoms with van der Waals surface area (Å²) in [7, 11) is 0. The number of alkyl halides is 1. The molecule has 2 aliphatic rings. The number of ether oxygens (including phenoxy) is 1. The minimum atomic E-state index is 0.0382. The Bertz CT molecular complexity index is 519. The molecule has 1 saturated heterocycles. The molecule has 3 unspecified atom stereocenters. The molecule has 1 fully saturated rings. The van der Waals surface area contributed by atoms with Gasteiger partial charge in [-0.1, -0.05) is 40.2 Å². The molecule has 114 valence electrons. The van der Waals surface area contributed by atoms with Crippen molar-refractivity contribution in [2.24, 2.45) is 0 Å². The molecular formula is C17H22BrNO2. The van der Waals surface area contributed by atoms with Crippen molar-refractivity contribution in [3.05, 3.63) is 35.4 Å². The normalized spacial score (nSPS) is 29.0. The van der Waals surface area contributed by atoms with E-state index in [2.05, 4.69) is 34.1 Å². The fourth-order valence-electron chi connectivity index (χ4n) is 3.54. The molecule has 1 aromatic rings. The second-order valence-electron chi connectivity index (χ2n) is 6.11. The lowest BCUT2D eigenvalue weighted by Crippen LogP contribution is -2.51. The summed E-state index contributed by atoms with van der Waals surface area (Å²) in [6.45, 7) is 3.46. The smallest absolute Gasteiger partial charge is 0.230 e. The summed E-state index contributed by atoms with van der Waals surface area (Å²) in [4.78, 5) is 15.0. The molecule has 1 aromatic carbocycles. The van der Waals surface area contributed by atoms with Crippen molar-refractivity contribution >= 4 is 21.8 Å². The lowest BCUT2D eigenvalue weighted by molar-refractivity contribution is -0.144. The van der Waals surface area contributed by atoms with Crippen LogP contribution in [0.3, 0.4) is 0 Å². The zero-order chi connectivity index (χ0) is 14.8. The Morgan fingerprint density at radius 3 is 3.00 bits per heavy atom. The monoisotopic (exact) mass is 351 g/mol. The Hall–Kier alpha value is -0.870. The molecule has 1 amide bonds. The first-order valence-corrected chi connectivity index (χ1v) is 8.89. The lowest BCUT2D eigenvalue weighted by atomic mass is 9.82. The standard InChI is InChI=1S/C17H22BrNO2/c1-12-10-19(11-14(9-18)21-12)17(20)16-8-4-6-13-5-2-3-7-15(13)16/h2-3,5,7,12,14,16H,4,6,8-11H2,1H3. The number of halogens is 1. The van der Waals surface area contributed by atoms with Gasteiger partial charge in [-0.2, -0.15) is 0 Å². The van der Waals surface area contributed by atoms with E-state index < -0.39 is 0 Å². The Kier molecular flexibility index (Phi) is 4.65. The number of carbonyl (C=O) groups excluding carboxylic acids is 1. The van der Waals surface area contributed by atoms with Gasteiger partial charge in [0.15, 0.2) is 0 Å². The maximum absolute atomic E-state index is 13.0. The third kappa shape index (κ3) is 3.16. The van der Waals surface area contributed by atoms with Crippen LogP contribution in [0, 0.1) is 0 Å². The van der Waals surface area contributed by atoms with Crippen molar-refractivity contribution in [1.29, 1.82) is 0 Å². The highest BCUT2D eigenvalue weighted by molar-refractivity contribution is 9.09. The quantitative estimate of drug-likeness (QED) is 0.766. The molecule has 0 N–H and O–H groups in total. The Morgan fingerprint density at radius 2 is 2.19 bits per heavy atom. The maximum atomic E-state index is 13.0. The number of nitrogens with zero attached hydrogens (tertiary/aromatic N) is 1. The minimum absolute atomic E-state index is 0.0382. The summed E-state index contributed by atoms with van der Waals surface area (Å²) in [5.41, 5.74) is 2.59. The van der Waals surface area contributed by atoms with E-state index in [0.29, 0.717) is 13.1 Å². The molecule has 0 saturated carbocycles. The van der Waals surface area contributed by atoms with Crippen LogP contribution >= 0.6 is 15.9 Å². The van der Waals surface area contributed by atoms with Gasteiger partial charge in [0, 0.05) is 18.4 Å². The summed E-state index contributed by atoms with van der Waals surface area (Å²) in [6, 6.07) is 8.41. The molecule has 3 nitrogen and oxygen atoms in total. The Morgan fingerprint density at radius 1 is 1.38 bits per heavy atom. The first-order chi connectivity index (χ1) is 10.2. The van der Waals surface area contributed by atoms with Crippen molar-refractivity contribution in [1.82, 2.24) is 4.90 Å². The molecule has 1 aliphatic heterocycles. The molecule has 1 aliphatic carbocycles. The SMILES string of the molecule is CC1CN(C(=O)C2CCCc3ccccc32)CC(CBr)O1. The Labute approximate surface area is 134 Å². The van der Waals surface area contributed by atoms with Gasteiger partial charge in [0.25, 0.3) is 0 Å². The number of carbonyl (C=O) groups is 1. The Balaban J connectivity index is 1.79. The first kappa shape index (κ1) is 15.0. The summed E-state index contributed by atoms with van der Waals surface area (Å²) >= 11 is 3.47. The van der Waals surface area contributed by atoms with Crippen molar-refractivity contribution < 1.29 is 9.53 Å². The number of benzene rings is 1. The molecule has 0 spiro atoms.